The van der Waals surface area contributed by atoms with Gasteiger partial charge in [0.05, 0.1) is 17.8 Å². The summed E-state index contributed by atoms with van der Waals surface area (Å²) in [6.07, 6.45) is 4.05. The molecule has 2 amide bonds. The third-order valence-corrected chi connectivity index (χ3v) is 7.18. The van der Waals surface area contributed by atoms with E-state index in [4.69, 9.17) is 16.3 Å². The minimum atomic E-state index is -0.692. The zero-order chi connectivity index (χ0) is 29.5. The highest BCUT2D eigenvalue weighted by molar-refractivity contribution is 6.31. The van der Waals surface area contributed by atoms with Gasteiger partial charge in [-0.3, -0.25) is 14.4 Å². The summed E-state index contributed by atoms with van der Waals surface area (Å²) in [5, 5.41) is 10.0. The van der Waals surface area contributed by atoms with Gasteiger partial charge in [-0.1, -0.05) is 22.9 Å². The van der Waals surface area contributed by atoms with Crippen LogP contribution < -0.4 is 4.90 Å². The van der Waals surface area contributed by atoms with Crippen LogP contribution in [0, 0.1) is 12.7 Å². The Morgan fingerprint density at radius 1 is 1.17 bits per heavy atom. The van der Waals surface area contributed by atoms with E-state index in [1.807, 2.05) is 45.9 Å². The number of anilines is 1. The van der Waals surface area contributed by atoms with E-state index in [1.165, 1.54) is 21.7 Å². The van der Waals surface area contributed by atoms with Gasteiger partial charge in [0.25, 0.3) is 5.91 Å². The van der Waals surface area contributed by atoms with Crippen LogP contribution in [0.1, 0.15) is 49.5 Å². The van der Waals surface area contributed by atoms with E-state index in [0.29, 0.717) is 41.5 Å². The van der Waals surface area contributed by atoms with E-state index in [-0.39, 0.29) is 12.1 Å². The summed E-state index contributed by atoms with van der Waals surface area (Å²) in [4.78, 5) is 35.0. The molecule has 0 N–H and O–H groups in total. The summed E-state index contributed by atoms with van der Waals surface area (Å²) < 4.78 is 22.8. The van der Waals surface area contributed by atoms with Gasteiger partial charge in [-0.25, -0.2) is 14.2 Å². The maximum Gasteiger partial charge on any atom is 0.410 e. The minimum Gasteiger partial charge on any atom is -0.444 e. The van der Waals surface area contributed by atoms with Crippen molar-refractivity contribution in [3.05, 3.63) is 70.8 Å². The second-order valence-electron chi connectivity index (χ2n) is 11.3. The number of aromatic nitrogens is 4. The van der Waals surface area contributed by atoms with Gasteiger partial charge in [0.1, 0.15) is 22.9 Å². The molecule has 0 saturated carbocycles. The number of benzene rings is 2. The first kappa shape index (κ1) is 28.5. The predicted molar refractivity (Wildman–Crippen MR) is 156 cm³/mol. The number of aryl methyl sites for hydroxylation is 2. The molecule has 2 aromatic heterocycles. The molecule has 0 spiro atoms. The summed E-state index contributed by atoms with van der Waals surface area (Å²) in [6.45, 7) is 8.03. The number of halogens is 2. The van der Waals surface area contributed by atoms with E-state index in [9.17, 15) is 9.59 Å². The number of hydrogen-bond donors (Lipinski definition) is 0. The molecule has 1 fully saturated rings. The average molecular weight is 579 g/mol. The van der Waals surface area contributed by atoms with Crippen LogP contribution in [0.4, 0.5) is 15.0 Å². The van der Waals surface area contributed by atoms with Crippen molar-refractivity contribution >= 4 is 40.2 Å². The van der Waals surface area contributed by atoms with E-state index in [0.717, 1.165) is 16.3 Å². The van der Waals surface area contributed by atoms with E-state index in [2.05, 4.69) is 15.3 Å². The number of carbonyl (C=O) groups excluding carboxylic acids is 2. The Labute approximate surface area is 242 Å². The number of ether oxygens (including phenoxy) is 1. The number of likely N-dealkylation sites (tertiary alicyclic amines) is 1. The average Bonchev–Trinajstić information content (AvgIpc) is 3.34. The Kier molecular flexibility index (Phi) is 7.70. The third-order valence-electron chi connectivity index (χ3n) is 6.96. The Hall–Kier alpha value is -4.05. The highest BCUT2D eigenvalue weighted by Gasteiger charge is 2.36. The number of nitrogens with zero attached hydrogens (tertiary/aromatic N) is 6. The van der Waals surface area contributed by atoms with Crippen molar-refractivity contribution < 1.29 is 18.7 Å². The van der Waals surface area contributed by atoms with Gasteiger partial charge < -0.3 is 9.64 Å². The number of hydrogen-bond acceptors (Lipinski definition) is 6. The third kappa shape index (κ3) is 6.02. The smallest absolute Gasteiger partial charge is 0.410 e. The van der Waals surface area contributed by atoms with Crippen molar-refractivity contribution in [1.82, 2.24) is 24.9 Å². The van der Waals surface area contributed by atoms with Crippen LogP contribution in [0.15, 0.2) is 48.8 Å². The number of piperidine rings is 1. The summed E-state index contributed by atoms with van der Waals surface area (Å²) in [6, 6.07) is 9.35. The highest BCUT2D eigenvalue weighted by atomic mass is 35.5. The lowest BCUT2D eigenvalue weighted by molar-refractivity contribution is 0.0196. The molecule has 0 radical (unpaired) electrons. The zero-order valence-electron chi connectivity index (χ0n) is 23.7. The number of carbonyl (C=O) groups is 2. The van der Waals surface area contributed by atoms with E-state index >= 15 is 4.39 Å². The molecule has 1 aliphatic rings. The van der Waals surface area contributed by atoms with Crippen molar-refractivity contribution in [3.8, 4) is 11.3 Å². The second kappa shape index (κ2) is 11.1. The first-order valence-electron chi connectivity index (χ1n) is 13.4. The SMILES string of the molecule is Cc1cc(Cl)cc2ccnc(N(C(=O)c3ccc(-c4cn(C)nn4)cc3F)[C@@H]3CCCN(C(=O)OC(C)(C)C)C3)c12. The highest BCUT2D eigenvalue weighted by Crippen LogP contribution is 2.35. The second-order valence-corrected chi connectivity index (χ2v) is 11.8. The molecule has 1 atom stereocenters. The lowest BCUT2D eigenvalue weighted by Gasteiger charge is -2.39. The fraction of sp³-hybridized carbons (Fsp3) is 0.367. The van der Waals surface area contributed by atoms with Crippen molar-refractivity contribution in [1.29, 1.82) is 0 Å². The molecule has 41 heavy (non-hydrogen) atoms. The topological polar surface area (TPSA) is 93.5 Å². The van der Waals surface area contributed by atoms with Crippen LogP contribution in [0.3, 0.4) is 0 Å². The summed E-state index contributed by atoms with van der Waals surface area (Å²) in [5.74, 6) is -0.864. The lowest BCUT2D eigenvalue weighted by Crippen LogP contribution is -2.53. The van der Waals surface area contributed by atoms with Crippen LogP contribution >= 0.6 is 11.6 Å². The molecule has 2 aromatic carbocycles. The lowest BCUT2D eigenvalue weighted by atomic mass is 9.99. The molecule has 4 aromatic rings. The summed E-state index contributed by atoms with van der Waals surface area (Å²) >= 11 is 6.34. The zero-order valence-corrected chi connectivity index (χ0v) is 24.4. The quantitative estimate of drug-likeness (QED) is 0.287. The summed E-state index contributed by atoms with van der Waals surface area (Å²) in [7, 11) is 1.72. The van der Waals surface area contributed by atoms with Crippen LogP contribution in [0.2, 0.25) is 5.02 Å². The molecule has 0 aliphatic carbocycles. The van der Waals surface area contributed by atoms with Crippen LogP contribution in [0.5, 0.6) is 0 Å². The fourth-order valence-corrected chi connectivity index (χ4v) is 5.47. The normalized spacial score (nSPS) is 15.7. The van der Waals surface area contributed by atoms with E-state index in [1.54, 1.807) is 30.4 Å². The Morgan fingerprint density at radius 2 is 1.95 bits per heavy atom. The van der Waals surface area contributed by atoms with Gasteiger partial charge >= 0.3 is 6.09 Å². The van der Waals surface area contributed by atoms with E-state index < -0.39 is 29.5 Å². The standard InChI is InChI=1S/C30H32ClFN6O3/c1-18-13-21(31)14-20-10-11-33-27(26(18)20)38(22-7-6-12-37(16-22)29(40)41-30(2,3)4)28(39)23-9-8-19(15-24(23)32)25-17-36(5)35-34-25/h8-11,13-15,17,22H,6-7,12,16H2,1-5H3/t22-/m1/s1. The largest absolute Gasteiger partial charge is 0.444 e. The number of fused-ring (bicyclic) bond motifs is 1. The fourth-order valence-electron chi connectivity index (χ4n) is 5.19. The van der Waals surface area contributed by atoms with Crippen molar-refractivity contribution in [2.75, 3.05) is 18.0 Å². The number of amides is 2. The number of rotatable bonds is 4. The van der Waals surface area contributed by atoms with Crippen LogP contribution in [-0.2, 0) is 11.8 Å². The minimum absolute atomic E-state index is 0.113. The number of pyridine rings is 1. The van der Waals surface area contributed by atoms with Crippen LogP contribution in [0.25, 0.3) is 22.0 Å². The first-order chi connectivity index (χ1) is 19.4. The Bertz CT molecular complexity index is 1630. The monoisotopic (exact) mass is 578 g/mol. The van der Waals surface area contributed by atoms with Gasteiger partial charge in [-0.05, 0) is 81.8 Å². The van der Waals surface area contributed by atoms with Gasteiger partial charge in [0.2, 0.25) is 0 Å². The van der Waals surface area contributed by atoms with Crippen molar-refractivity contribution in [2.24, 2.45) is 7.05 Å². The molecule has 1 saturated heterocycles. The molecule has 9 nitrogen and oxygen atoms in total. The molecular weight excluding hydrogens is 547 g/mol. The Balaban J connectivity index is 1.59. The van der Waals surface area contributed by atoms with Gasteiger partial charge in [-0.2, -0.15) is 0 Å². The van der Waals surface area contributed by atoms with Crippen LogP contribution in [-0.4, -0.2) is 61.6 Å². The molecule has 214 valence electrons. The molecule has 1 aliphatic heterocycles. The predicted octanol–water partition coefficient (Wildman–Crippen LogP) is 6.18. The van der Waals surface area contributed by atoms with Gasteiger partial charge in [0.15, 0.2) is 0 Å². The molecule has 0 unspecified atom stereocenters. The molecule has 0 bridgehead atoms. The Morgan fingerprint density at radius 3 is 2.63 bits per heavy atom. The molecule has 11 heteroatoms. The molecule has 3 heterocycles. The maximum absolute atomic E-state index is 15.6. The van der Waals surface area contributed by atoms with Crippen molar-refractivity contribution in [2.45, 2.75) is 52.2 Å². The maximum atomic E-state index is 15.6. The van der Waals surface area contributed by atoms with Gasteiger partial charge in [-0.15, -0.1) is 5.10 Å². The first-order valence-corrected chi connectivity index (χ1v) is 13.8. The summed E-state index contributed by atoms with van der Waals surface area (Å²) in [5.41, 5.74) is 1.04. The van der Waals surface area contributed by atoms with Gasteiger partial charge in [0, 0.05) is 42.3 Å². The van der Waals surface area contributed by atoms with Crippen molar-refractivity contribution in [3.63, 3.8) is 0 Å². The molecule has 5 rings (SSSR count). The molecular formula is C30H32ClFN6O3.